The molecule has 0 fully saturated rings. The van der Waals surface area contributed by atoms with E-state index in [1.54, 1.807) is 24.0 Å². The van der Waals surface area contributed by atoms with Gasteiger partial charge in [0.1, 0.15) is 11.5 Å². The van der Waals surface area contributed by atoms with E-state index < -0.39 is 11.9 Å². The first-order valence-electron chi connectivity index (χ1n) is 6.21. The van der Waals surface area contributed by atoms with Crippen molar-refractivity contribution in [1.82, 2.24) is 15.1 Å². The maximum absolute atomic E-state index is 13.4. The van der Waals surface area contributed by atoms with Crippen molar-refractivity contribution >= 4 is 12.1 Å². The van der Waals surface area contributed by atoms with Crippen molar-refractivity contribution in [1.29, 1.82) is 0 Å². The fourth-order valence-electron chi connectivity index (χ4n) is 1.99. The van der Waals surface area contributed by atoms with E-state index in [9.17, 15) is 9.18 Å². The Balaban J connectivity index is 2.10. The Labute approximate surface area is 111 Å². The van der Waals surface area contributed by atoms with E-state index in [4.69, 9.17) is 0 Å². The highest BCUT2D eigenvalue weighted by Crippen LogP contribution is 2.16. The summed E-state index contributed by atoms with van der Waals surface area (Å²) in [6.45, 7) is 4.05. The molecule has 5 nitrogen and oxygen atoms in total. The van der Waals surface area contributed by atoms with E-state index in [0.29, 0.717) is 12.1 Å². The van der Waals surface area contributed by atoms with Gasteiger partial charge in [-0.3, -0.25) is 14.5 Å². The van der Waals surface area contributed by atoms with Crippen LogP contribution in [0.5, 0.6) is 0 Å². The van der Waals surface area contributed by atoms with Gasteiger partial charge < -0.3 is 5.32 Å². The molecule has 0 aromatic carbocycles. The van der Waals surface area contributed by atoms with Crippen LogP contribution in [0.4, 0.5) is 4.39 Å². The van der Waals surface area contributed by atoms with Crippen molar-refractivity contribution < 1.29 is 9.18 Å². The smallest absolute Gasteiger partial charge is 0.272 e. The van der Waals surface area contributed by atoms with Crippen molar-refractivity contribution in [2.75, 3.05) is 0 Å². The van der Waals surface area contributed by atoms with E-state index >= 15 is 0 Å². The van der Waals surface area contributed by atoms with Crippen molar-refractivity contribution in [3.05, 3.63) is 29.5 Å². The summed E-state index contributed by atoms with van der Waals surface area (Å²) in [4.78, 5) is 15.7. The largest absolute Gasteiger partial charge is 0.341 e. The number of amides is 1. The van der Waals surface area contributed by atoms with Gasteiger partial charge >= 0.3 is 0 Å². The first-order chi connectivity index (χ1) is 8.99. The SMILES string of the molecule is CC(C)c1cc(C(=O)NC2CC=NC=C2F)nn1C. The van der Waals surface area contributed by atoms with Crippen LogP contribution in [0.1, 0.15) is 42.4 Å². The summed E-state index contributed by atoms with van der Waals surface area (Å²) in [6.07, 6.45) is 3.05. The molecule has 1 unspecified atom stereocenters. The molecule has 1 aliphatic rings. The molecular formula is C13H17FN4O. The Kier molecular flexibility index (Phi) is 3.78. The topological polar surface area (TPSA) is 59.3 Å². The van der Waals surface area contributed by atoms with Gasteiger partial charge in [-0.05, 0) is 12.0 Å². The lowest BCUT2D eigenvalue weighted by Gasteiger charge is -2.15. The van der Waals surface area contributed by atoms with Crippen molar-refractivity contribution in [3.8, 4) is 0 Å². The summed E-state index contributed by atoms with van der Waals surface area (Å²) >= 11 is 0. The van der Waals surface area contributed by atoms with Gasteiger partial charge in [0.15, 0.2) is 0 Å². The summed E-state index contributed by atoms with van der Waals surface area (Å²) in [5.41, 5.74) is 1.27. The molecule has 1 aromatic heterocycles. The second-order valence-corrected chi connectivity index (χ2v) is 4.84. The molecular weight excluding hydrogens is 247 g/mol. The number of hydrogen-bond acceptors (Lipinski definition) is 3. The lowest BCUT2D eigenvalue weighted by Crippen LogP contribution is -2.36. The van der Waals surface area contributed by atoms with Gasteiger partial charge in [0, 0.05) is 25.4 Å². The van der Waals surface area contributed by atoms with E-state index in [2.05, 4.69) is 15.4 Å². The predicted molar refractivity (Wildman–Crippen MR) is 70.9 cm³/mol. The Hall–Kier alpha value is -1.98. The number of aliphatic imine (C=N–C) groups is 1. The van der Waals surface area contributed by atoms with Crippen LogP contribution >= 0.6 is 0 Å². The third-order valence-electron chi connectivity index (χ3n) is 3.02. The molecule has 0 aliphatic carbocycles. The number of aryl methyl sites for hydroxylation is 1. The zero-order valence-electron chi connectivity index (χ0n) is 11.2. The molecule has 0 saturated carbocycles. The summed E-state index contributed by atoms with van der Waals surface area (Å²) in [6, 6.07) is 1.09. The normalized spacial score (nSPS) is 18.6. The zero-order valence-corrected chi connectivity index (χ0v) is 11.2. The average molecular weight is 264 g/mol. The van der Waals surface area contributed by atoms with Crippen molar-refractivity contribution in [2.45, 2.75) is 32.2 Å². The number of carbonyl (C=O) groups excluding carboxylic acids is 1. The van der Waals surface area contributed by atoms with Crippen LogP contribution < -0.4 is 5.32 Å². The molecule has 0 bridgehead atoms. The highest BCUT2D eigenvalue weighted by Gasteiger charge is 2.21. The molecule has 19 heavy (non-hydrogen) atoms. The van der Waals surface area contributed by atoms with Gasteiger partial charge in [0.2, 0.25) is 0 Å². The van der Waals surface area contributed by atoms with Crippen LogP contribution in [-0.2, 0) is 7.05 Å². The van der Waals surface area contributed by atoms with E-state index in [0.717, 1.165) is 11.9 Å². The first-order valence-corrected chi connectivity index (χ1v) is 6.21. The summed E-state index contributed by atoms with van der Waals surface area (Å²) in [7, 11) is 1.79. The van der Waals surface area contributed by atoms with Gasteiger partial charge in [0.25, 0.3) is 5.91 Å². The molecule has 1 aromatic rings. The molecule has 1 N–H and O–H groups in total. The molecule has 2 rings (SSSR count). The molecule has 1 atom stereocenters. The van der Waals surface area contributed by atoms with Crippen molar-refractivity contribution in [3.63, 3.8) is 0 Å². The Morgan fingerprint density at radius 3 is 2.89 bits per heavy atom. The van der Waals surface area contributed by atoms with Gasteiger partial charge in [-0.1, -0.05) is 13.8 Å². The van der Waals surface area contributed by atoms with Crippen molar-refractivity contribution in [2.24, 2.45) is 12.0 Å². The second-order valence-electron chi connectivity index (χ2n) is 4.84. The summed E-state index contributed by atoms with van der Waals surface area (Å²) < 4.78 is 15.1. The van der Waals surface area contributed by atoms with Gasteiger partial charge in [-0.15, -0.1) is 0 Å². The molecule has 6 heteroatoms. The van der Waals surface area contributed by atoms with Crippen LogP contribution in [0.3, 0.4) is 0 Å². The van der Waals surface area contributed by atoms with Gasteiger partial charge in [-0.2, -0.15) is 5.10 Å². The van der Waals surface area contributed by atoms with E-state index in [-0.39, 0.29) is 11.8 Å². The van der Waals surface area contributed by atoms with Crippen LogP contribution in [0, 0.1) is 0 Å². The molecule has 0 spiro atoms. The molecule has 0 radical (unpaired) electrons. The Bertz CT molecular complexity index is 545. The van der Waals surface area contributed by atoms with E-state index in [1.165, 1.54) is 0 Å². The monoisotopic (exact) mass is 264 g/mol. The standard InChI is InChI=1S/C13H17FN4O/c1-8(2)12-6-11(17-18(12)3)13(19)16-10-4-5-15-7-9(10)14/h5-8,10H,4H2,1-3H3,(H,16,19). The van der Waals surface area contributed by atoms with Gasteiger partial charge in [0.05, 0.1) is 12.2 Å². The average Bonchev–Trinajstić information content (AvgIpc) is 2.74. The van der Waals surface area contributed by atoms with Crippen LogP contribution in [0.25, 0.3) is 0 Å². The molecule has 102 valence electrons. The quantitative estimate of drug-likeness (QED) is 0.906. The molecule has 2 heterocycles. The van der Waals surface area contributed by atoms with Crippen LogP contribution in [0.15, 0.2) is 23.1 Å². The minimum atomic E-state index is -0.644. The number of hydrogen-bond donors (Lipinski definition) is 1. The van der Waals surface area contributed by atoms with E-state index in [1.807, 2.05) is 13.8 Å². The number of halogens is 1. The first kappa shape index (κ1) is 13.5. The number of rotatable bonds is 3. The third-order valence-corrected chi connectivity index (χ3v) is 3.02. The number of nitrogens with one attached hydrogen (secondary N) is 1. The van der Waals surface area contributed by atoms with Crippen LogP contribution in [0.2, 0.25) is 0 Å². The highest BCUT2D eigenvalue weighted by atomic mass is 19.1. The fraction of sp³-hybridized carbons (Fsp3) is 0.462. The minimum absolute atomic E-state index is 0.275. The lowest BCUT2D eigenvalue weighted by molar-refractivity contribution is 0.0933. The molecule has 1 aliphatic heterocycles. The highest BCUT2D eigenvalue weighted by molar-refractivity contribution is 5.93. The maximum atomic E-state index is 13.4. The number of nitrogens with zero attached hydrogens (tertiary/aromatic N) is 3. The Morgan fingerprint density at radius 2 is 2.32 bits per heavy atom. The fourth-order valence-corrected chi connectivity index (χ4v) is 1.99. The molecule has 0 saturated heterocycles. The molecule has 1 amide bonds. The van der Waals surface area contributed by atoms with Crippen LogP contribution in [-0.4, -0.2) is 27.9 Å². The summed E-state index contributed by atoms with van der Waals surface area (Å²) in [5.74, 6) is -0.528. The number of carbonyl (C=O) groups is 1. The predicted octanol–water partition coefficient (Wildman–Crippen LogP) is 1.93. The maximum Gasteiger partial charge on any atom is 0.272 e. The minimum Gasteiger partial charge on any atom is -0.341 e. The third kappa shape index (κ3) is 2.89. The second kappa shape index (κ2) is 5.34. The Morgan fingerprint density at radius 1 is 1.58 bits per heavy atom. The lowest BCUT2D eigenvalue weighted by atomic mass is 10.1. The number of aromatic nitrogens is 2. The van der Waals surface area contributed by atoms with Gasteiger partial charge in [-0.25, -0.2) is 4.39 Å². The zero-order chi connectivity index (χ0) is 14.0. The summed E-state index contributed by atoms with van der Waals surface area (Å²) in [5, 5.41) is 6.77.